The molecule has 0 aliphatic heterocycles. The summed E-state index contributed by atoms with van der Waals surface area (Å²) in [5.74, 6) is 4.44. The Bertz CT molecular complexity index is 652. The van der Waals surface area contributed by atoms with Gasteiger partial charge in [-0.1, -0.05) is 0 Å². The molecule has 3 aliphatic rings. The predicted molar refractivity (Wildman–Crippen MR) is 71.9 cm³/mol. The number of hydrogen-bond donors (Lipinski definition) is 2. The van der Waals surface area contributed by atoms with Crippen molar-refractivity contribution in [2.75, 3.05) is 5.32 Å². The molecule has 5 rings (SSSR count). The van der Waals surface area contributed by atoms with Gasteiger partial charge in [0.05, 0.1) is 6.33 Å². The lowest BCUT2D eigenvalue weighted by atomic mass is 10.0. The van der Waals surface area contributed by atoms with Crippen LogP contribution in [0.25, 0.3) is 11.2 Å². The third-order valence-corrected chi connectivity index (χ3v) is 5.47. The summed E-state index contributed by atoms with van der Waals surface area (Å²) in [6, 6.07) is 0.587. The second-order valence-corrected chi connectivity index (χ2v) is 6.44. The van der Waals surface area contributed by atoms with E-state index in [1.807, 2.05) is 0 Å². The average molecular weight is 276 g/mol. The van der Waals surface area contributed by atoms with Gasteiger partial charge in [0, 0.05) is 6.04 Å². The summed E-state index contributed by atoms with van der Waals surface area (Å²) < 4.78 is 0. The fourth-order valence-electron chi connectivity index (χ4n) is 4.59. The number of rotatable bonds is 2. The van der Waals surface area contributed by atoms with Crippen LogP contribution in [-0.4, -0.2) is 26.0 Å². The Balaban J connectivity index is 1.49. The molecule has 0 aromatic carbocycles. The Hall–Kier alpha value is -1.36. The van der Waals surface area contributed by atoms with E-state index in [1.165, 1.54) is 19.3 Å². The van der Waals surface area contributed by atoms with Gasteiger partial charge in [-0.3, -0.25) is 0 Å². The van der Waals surface area contributed by atoms with Gasteiger partial charge < -0.3 is 10.3 Å². The zero-order valence-corrected chi connectivity index (χ0v) is 11.1. The highest BCUT2D eigenvalue weighted by Crippen LogP contribution is 2.66. The summed E-state index contributed by atoms with van der Waals surface area (Å²) >= 11 is 5.96. The third-order valence-electron chi connectivity index (χ3n) is 5.30. The number of H-pyrrole nitrogens is 1. The lowest BCUT2D eigenvalue weighted by molar-refractivity contribution is 0.456. The normalized spacial score (nSPS) is 38.7. The van der Waals surface area contributed by atoms with Crippen molar-refractivity contribution in [2.24, 2.45) is 23.7 Å². The number of anilines is 1. The number of imidazole rings is 1. The molecule has 2 aromatic rings. The molecule has 3 fully saturated rings. The number of nitrogens with one attached hydrogen (secondary N) is 2. The lowest BCUT2D eigenvalue weighted by Crippen LogP contribution is -2.14. The molecule has 3 saturated carbocycles. The molecular weight excluding hydrogens is 262 g/mol. The molecule has 4 atom stereocenters. The standard InChI is InChI=1S/C13H14ClN5/c14-13-18-11-10(15-4-16-11)12(19-13)17-9-7-5-1-2-6(3-5)8(7)9/h4-9H,1-3H2,(H2,15,16,17,18,19). The van der Waals surface area contributed by atoms with Crippen molar-refractivity contribution in [2.45, 2.75) is 25.3 Å². The van der Waals surface area contributed by atoms with Crippen LogP contribution in [-0.2, 0) is 0 Å². The monoisotopic (exact) mass is 275 g/mol. The van der Waals surface area contributed by atoms with Crippen molar-refractivity contribution in [1.29, 1.82) is 0 Å². The number of hydrogen-bond acceptors (Lipinski definition) is 4. The Morgan fingerprint density at radius 1 is 1.21 bits per heavy atom. The molecule has 2 aromatic heterocycles. The van der Waals surface area contributed by atoms with Crippen molar-refractivity contribution in [3.8, 4) is 0 Å². The summed E-state index contributed by atoms with van der Waals surface area (Å²) in [7, 11) is 0. The Morgan fingerprint density at radius 2 is 2.00 bits per heavy atom. The highest BCUT2D eigenvalue weighted by Gasteiger charge is 2.65. The molecule has 4 unspecified atom stereocenters. The zero-order chi connectivity index (χ0) is 12.6. The van der Waals surface area contributed by atoms with Gasteiger partial charge in [-0.15, -0.1) is 0 Å². The zero-order valence-electron chi connectivity index (χ0n) is 10.3. The highest BCUT2D eigenvalue weighted by atomic mass is 35.5. The maximum atomic E-state index is 5.96. The summed E-state index contributed by atoms with van der Waals surface area (Å²) in [5, 5.41) is 3.84. The summed E-state index contributed by atoms with van der Waals surface area (Å²) in [5.41, 5.74) is 1.50. The fourth-order valence-corrected chi connectivity index (χ4v) is 4.75. The number of aromatic nitrogens is 4. The van der Waals surface area contributed by atoms with Crippen LogP contribution in [0, 0.1) is 23.7 Å². The molecule has 6 heteroatoms. The van der Waals surface area contributed by atoms with E-state index in [0.717, 1.165) is 35.0 Å². The van der Waals surface area contributed by atoms with Crippen LogP contribution < -0.4 is 5.32 Å². The first-order valence-corrected chi connectivity index (χ1v) is 7.32. The SMILES string of the molecule is Clc1nc(NC2C3C4CCC(C4)C23)c2[nH]cnc2n1. The van der Waals surface area contributed by atoms with Crippen LogP contribution in [0.2, 0.25) is 5.28 Å². The minimum atomic E-state index is 0.260. The van der Waals surface area contributed by atoms with Gasteiger partial charge in [0.2, 0.25) is 5.28 Å². The van der Waals surface area contributed by atoms with Crippen molar-refractivity contribution in [3.63, 3.8) is 0 Å². The van der Waals surface area contributed by atoms with Gasteiger partial charge in [0.1, 0.15) is 5.52 Å². The van der Waals surface area contributed by atoms with Gasteiger partial charge in [0.25, 0.3) is 0 Å². The predicted octanol–water partition coefficient (Wildman–Crippen LogP) is 2.46. The fraction of sp³-hybridized carbons (Fsp3) is 0.615. The molecule has 3 aliphatic carbocycles. The van der Waals surface area contributed by atoms with Crippen LogP contribution in [0.4, 0.5) is 5.82 Å². The molecule has 19 heavy (non-hydrogen) atoms. The van der Waals surface area contributed by atoms with Crippen molar-refractivity contribution in [3.05, 3.63) is 11.6 Å². The van der Waals surface area contributed by atoms with Crippen molar-refractivity contribution in [1.82, 2.24) is 19.9 Å². The summed E-state index contributed by atoms with van der Waals surface area (Å²) in [6.07, 6.45) is 5.94. The van der Waals surface area contributed by atoms with Gasteiger partial charge in [-0.05, 0) is 54.5 Å². The van der Waals surface area contributed by atoms with E-state index in [-0.39, 0.29) is 5.28 Å². The summed E-state index contributed by atoms with van der Waals surface area (Å²) in [6.45, 7) is 0. The topological polar surface area (TPSA) is 66.5 Å². The molecule has 0 saturated heterocycles. The lowest BCUT2D eigenvalue weighted by Gasteiger charge is -2.11. The molecule has 0 spiro atoms. The molecular formula is C13H14ClN5. The minimum absolute atomic E-state index is 0.260. The highest BCUT2D eigenvalue weighted by molar-refractivity contribution is 6.28. The van der Waals surface area contributed by atoms with Gasteiger partial charge in [-0.25, -0.2) is 4.98 Å². The second kappa shape index (κ2) is 3.39. The maximum absolute atomic E-state index is 5.96. The number of aromatic amines is 1. The summed E-state index contributed by atoms with van der Waals surface area (Å²) in [4.78, 5) is 15.7. The van der Waals surface area contributed by atoms with Crippen LogP contribution in [0.5, 0.6) is 0 Å². The van der Waals surface area contributed by atoms with Crippen LogP contribution in [0.15, 0.2) is 6.33 Å². The molecule has 2 heterocycles. The van der Waals surface area contributed by atoms with Gasteiger partial charge >= 0.3 is 0 Å². The second-order valence-electron chi connectivity index (χ2n) is 6.10. The van der Waals surface area contributed by atoms with Gasteiger partial charge in [0.15, 0.2) is 11.5 Å². The van der Waals surface area contributed by atoms with E-state index in [0.29, 0.717) is 11.7 Å². The largest absolute Gasteiger partial charge is 0.365 e. The van der Waals surface area contributed by atoms with E-state index in [2.05, 4.69) is 25.3 Å². The molecule has 2 bridgehead atoms. The van der Waals surface area contributed by atoms with Crippen molar-refractivity contribution >= 4 is 28.6 Å². The Kier molecular flexibility index (Phi) is 1.86. The van der Waals surface area contributed by atoms with Crippen LogP contribution in [0.1, 0.15) is 19.3 Å². The molecule has 5 nitrogen and oxygen atoms in total. The first kappa shape index (κ1) is 10.4. The smallest absolute Gasteiger partial charge is 0.226 e. The molecule has 0 amide bonds. The van der Waals surface area contributed by atoms with Crippen molar-refractivity contribution < 1.29 is 0 Å². The number of nitrogens with zero attached hydrogens (tertiary/aromatic N) is 3. The van der Waals surface area contributed by atoms with Gasteiger partial charge in [-0.2, -0.15) is 9.97 Å². The third kappa shape index (κ3) is 1.34. The van der Waals surface area contributed by atoms with Crippen LogP contribution >= 0.6 is 11.6 Å². The Morgan fingerprint density at radius 3 is 2.79 bits per heavy atom. The van der Waals surface area contributed by atoms with Crippen LogP contribution in [0.3, 0.4) is 0 Å². The molecule has 2 N–H and O–H groups in total. The van der Waals surface area contributed by atoms with E-state index in [4.69, 9.17) is 11.6 Å². The molecule has 0 radical (unpaired) electrons. The van der Waals surface area contributed by atoms with E-state index in [9.17, 15) is 0 Å². The minimum Gasteiger partial charge on any atom is -0.365 e. The first-order chi connectivity index (χ1) is 9.31. The molecule has 98 valence electrons. The van der Waals surface area contributed by atoms with E-state index < -0.39 is 0 Å². The Labute approximate surface area is 115 Å². The quantitative estimate of drug-likeness (QED) is 0.826. The first-order valence-electron chi connectivity index (χ1n) is 6.94. The average Bonchev–Trinajstić information content (AvgIpc) is 2.81. The number of halogens is 1. The maximum Gasteiger partial charge on any atom is 0.226 e. The van der Waals surface area contributed by atoms with E-state index >= 15 is 0 Å². The van der Waals surface area contributed by atoms with E-state index in [1.54, 1.807) is 6.33 Å². The number of fused-ring (bicyclic) bond motifs is 6.